The van der Waals surface area contributed by atoms with Crippen LogP contribution in [0.4, 0.5) is 14.9 Å². The lowest BCUT2D eigenvalue weighted by Crippen LogP contribution is -2.70. The molecule has 3 aliphatic rings. The van der Waals surface area contributed by atoms with Crippen LogP contribution in [-0.2, 0) is 20.9 Å². The number of fused-ring (bicyclic) bond motifs is 2. The fourth-order valence-corrected chi connectivity index (χ4v) is 9.05. The zero-order valence-corrected chi connectivity index (χ0v) is 34.7. The number of nitro benzene ring substituents is 1. The molecular formula is C47H56FN3O10. The molecule has 1 fully saturated rings. The van der Waals surface area contributed by atoms with Gasteiger partial charge in [0.05, 0.1) is 35.8 Å². The summed E-state index contributed by atoms with van der Waals surface area (Å²) < 4.78 is 40.6. The van der Waals surface area contributed by atoms with Gasteiger partial charge in [-0.05, 0) is 98.4 Å². The Bertz CT molecular complexity index is 2060. The second kappa shape index (κ2) is 21.3. The summed E-state index contributed by atoms with van der Waals surface area (Å²) in [7, 11) is 0. The van der Waals surface area contributed by atoms with Crippen molar-refractivity contribution in [3.8, 4) is 17.2 Å². The Morgan fingerprint density at radius 3 is 2.49 bits per heavy atom. The van der Waals surface area contributed by atoms with E-state index in [1.807, 2.05) is 13.0 Å². The molecule has 6 rings (SSSR count). The van der Waals surface area contributed by atoms with E-state index in [9.17, 15) is 29.5 Å². The molecule has 326 valence electrons. The van der Waals surface area contributed by atoms with Crippen LogP contribution in [0, 0.1) is 33.7 Å². The highest BCUT2D eigenvalue weighted by molar-refractivity contribution is 6.03. The topological polar surface area (TPSA) is 162 Å². The average Bonchev–Trinajstić information content (AvgIpc) is 3.26. The van der Waals surface area contributed by atoms with E-state index in [-0.39, 0.29) is 75.2 Å². The molecule has 1 saturated carbocycles. The lowest BCUT2D eigenvalue weighted by molar-refractivity contribution is -0.384. The number of rotatable bonds is 22. The molecule has 0 bridgehead atoms. The van der Waals surface area contributed by atoms with Gasteiger partial charge in [0.25, 0.3) is 5.69 Å². The number of allylic oxidation sites excluding steroid dienone is 1. The predicted molar refractivity (Wildman–Crippen MR) is 228 cm³/mol. The molecule has 0 spiro atoms. The number of aliphatic hydroxyl groups excluding tert-OH is 2. The molecule has 14 heteroatoms. The normalized spacial score (nSPS) is 23.1. The Labute approximate surface area is 356 Å². The summed E-state index contributed by atoms with van der Waals surface area (Å²) in [5.41, 5.74) is 2.81. The summed E-state index contributed by atoms with van der Waals surface area (Å²) in [6, 6.07) is 16.5. The number of hydrogen-bond acceptors (Lipinski definition) is 11. The van der Waals surface area contributed by atoms with Crippen LogP contribution in [0.15, 0.2) is 109 Å². The number of carbonyl (C=O) groups is 1. The number of halogens is 1. The maximum Gasteiger partial charge on any atom is 0.410 e. The molecule has 2 N–H and O–H groups in total. The van der Waals surface area contributed by atoms with Crippen molar-refractivity contribution in [1.82, 2.24) is 4.90 Å². The minimum atomic E-state index is -1.56. The molecule has 1 heterocycles. The van der Waals surface area contributed by atoms with Crippen LogP contribution in [0.3, 0.4) is 0 Å². The Kier molecular flexibility index (Phi) is 15.7. The maximum atomic E-state index is 14.5. The number of ether oxygens (including phenoxy) is 4. The van der Waals surface area contributed by atoms with E-state index in [0.29, 0.717) is 48.5 Å². The molecule has 1 aliphatic heterocycles. The number of non-ortho nitro benzene ring substituents is 1. The first kappa shape index (κ1) is 45.0. The first-order valence-corrected chi connectivity index (χ1v) is 21.1. The van der Waals surface area contributed by atoms with Crippen molar-refractivity contribution in [2.75, 3.05) is 33.0 Å². The van der Waals surface area contributed by atoms with Crippen molar-refractivity contribution in [3.63, 3.8) is 0 Å². The van der Waals surface area contributed by atoms with Crippen LogP contribution in [0.1, 0.15) is 75.3 Å². The third-order valence-corrected chi connectivity index (χ3v) is 11.6. The number of nitrogens with zero attached hydrogens (tertiary/aromatic N) is 3. The lowest BCUT2D eigenvalue weighted by atomic mass is 9.55. The second-order valence-corrected chi connectivity index (χ2v) is 15.5. The summed E-state index contributed by atoms with van der Waals surface area (Å²) in [5.74, 6) is -1.77. The van der Waals surface area contributed by atoms with Gasteiger partial charge >= 0.3 is 6.09 Å². The van der Waals surface area contributed by atoms with Crippen molar-refractivity contribution in [2.45, 2.75) is 82.6 Å². The summed E-state index contributed by atoms with van der Waals surface area (Å²) in [6.07, 6.45) is 9.65. The fourth-order valence-electron chi connectivity index (χ4n) is 9.05. The van der Waals surface area contributed by atoms with E-state index in [1.54, 1.807) is 53.5 Å². The van der Waals surface area contributed by atoms with Crippen LogP contribution < -0.4 is 9.47 Å². The van der Waals surface area contributed by atoms with Crippen molar-refractivity contribution >= 4 is 17.5 Å². The maximum absolute atomic E-state index is 14.5. The van der Waals surface area contributed by atoms with Gasteiger partial charge in [0.1, 0.15) is 35.7 Å². The van der Waals surface area contributed by atoms with Crippen LogP contribution in [0.25, 0.3) is 0 Å². The van der Waals surface area contributed by atoms with E-state index in [0.717, 1.165) is 30.4 Å². The first-order chi connectivity index (χ1) is 29.7. The molecule has 3 aromatic carbocycles. The SMILES string of the molecule is C=CCCOC(=O)N(Cc1ccc(F)cc1)C1CC(=NOCC)C2=CC(CCCCO)C(CCCCO)C3c4cc(Oc5cccc([N+](=O)[O-])c5)ccc4OC1(OCC=C)C23. The molecule has 6 atom stereocenters. The summed E-state index contributed by atoms with van der Waals surface area (Å²) in [5, 5.41) is 36.1. The number of aliphatic hydroxyl groups is 2. The van der Waals surface area contributed by atoms with Crippen LogP contribution in [0.5, 0.6) is 17.2 Å². The van der Waals surface area contributed by atoms with Crippen molar-refractivity contribution < 1.29 is 48.1 Å². The fraction of sp³-hybridized carbons (Fsp3) is 0.447. The number of oxime groups is 1. The Balaban J connectivity index is 1.59. The van der Waals surface area contributed by atoms with Crippen LogP contribution in [0.2, 0.25) is 0 Å². The standard InChI is InChI=1S/C47H56FN3O10/c1-4-7-26-57-46(54)50(31-32-17-19-34(48)20-18-32)43-30-41(49-59-6-3)39-27-33(13-8-10-23-52)38(16-9-11-24-53)44-40-29-37(60-36-15-12-14-35(28-36)51(55)56)21-22-42(40)61-47(43,45(39)44)58-25-5-2/h4-5,12,14-15,17-22,27-29,33,38,43-45,52-53H,1-2,6-11,13,16,23-26,30-31H2,3H3. The van der Waals surface area contributed by atoms with Gasteiger partial charge in [-0.15, -0.1) is 13.2 Å². The average molecular weight is 842 g/mol. The summed E-state index contributed by atoms with van der Waals surface area (Å²) >= 11 is 0. The number of carbonyl (C=O) groups excluding carboxylic acids is 1. The molecule has 0 aromatic heterocycles. The minimum Gasteiger partial charge on any atom is -0.459 e. The minimum absolute atomic E-state index is 0.00606. The van der Waals surface area contributed by atoms with Gasteiger partial charge in [0, 0.05) is 43.7 Å². The quantitative estimate of drug-likeness (QED) is 0.0431. The van der Waals surface area contributed by atoms with Gasteiger partial charge in [-0.25, -0.2) is 9.18 Å². The highest BCUT2D eigenvalue weighted by Crippen LogP contribution is 2.62. The molecule has 13 nitrogen and oxygen atoms in total. The molecule has 2 aliphatic carbocycles. The van der Waals surface area contributed by atoms with Gasteiger partial charge in [-0.2, -0.15) is 0 Å². The molecule has 1 amide bonds. The van der Waals surface area contributed by atoms with Crippen LogP contribution >= 0.6 is 0 Å². The molecule has 0 saturated heterocycles. The Morgan fingerprint density at radius 2 is 1.79 bits per heavy atom. The second-order valence-electron chi connectivity index (χ2n) is 15.5. The number of hydrogen-bond donors (Lipinski definition) is 2. The number of nitro groups is 1. The van der Waals surface area contributed by atoms with Crippen molar-refractivity contribution in [2.24, 2.45) is 22.9 Å². The number of amides is 1. The Morgan fingerprint density at radius 1 is 1.03 bits per heavy atom. The van der Waals surface area contributed by atoms with Gasteiger partial charge in [-0.1, -0.05) is 54.4 Å². The van der Waals surface area contributed by atoms with Crippen molar-refractivity contribution in [3.05, 3.63) is 131 Å². The van der Waals surface area contributed by atoms with E-state index in [1.165, 1.54) is 24.3 Å². The Hall–Kier alpha value is -5.57. The summed E-state index contributed by atoms with van der Waals surface area (Å²) in [6.45, 7) is 10.1. The van der Waals surface area contributed by atoms with Gasteiger partial charge < -0.3 is 34.0 Å². The zero-order valence-electron chi connectivity index (χ0n) is 34.7. The lowest BCUT2D eigenvalue weighted by Gasteiger charge is -2.59. The molecule has 3 aromatic rings. The highest BCUT2D eigenvalue weighted by atomic mass is 19.1. The van der Waals surface area contributed by atoms with E-state index < -0.39 is 34.6 Å². The first-order valence-electron chi connectivity index (χ1n) is 21.1. The number of unbranched alkanes of at least 4 members (excludes halogenated alkanes) is 2. The van der Waals surface area contributed by atoms with Crippen molar-refractivity contribution in [1.29, 1.82) is 0 Å². The molecule has 0 radical (unpaired) electrons. The van der Waals surface area contributed by atoms with E-state index in [4.69, 9.17) is 28.9 Å². The molecule has 61 heavy (non-hydrogen) atoms. The highest BCUT2D eigenvalue weighted by Gasteiger charge is 2.65. The third-order valence-electron chi connectivity index (χ3n) is 11.6. The van der Waals surface area contributed by atoms with E-state index in [2.05, 4.69) is 19.2 Å². The molecule has 6 unspecified atom stereocenters. The summed E-state index contributed by atoms with van der Waals surface area (Å²) in [4.78, 5) is 33.0. The number of benzene rings is 3. The largest absolute Gasteiger partial charge is 0.459 e. The van der Waals surface area contributed by atoms with Gasteiger partial charge in [0.2, 0.25) is 5.79 Å². The van der Waals surface area contributed by atoms with Crippen LogP contribution in [-0.4, -0.2) is 76.7 Å². The third kappa shape index (κ3) is 10.3. The van der Waals surface area contributed by atoms with Gasteiger partial charge in [0.15, 0.2) is 0 Å². The monoisotopic (exact) mass is 841 g/mol. The smallest absolute Gasteiger partial charge is 0.410 e. The zero-order chi connectivity index (χ0) is 43.4. The van der Waals surface area contributed by atoms with E-state index >= 15 is 0 Å². The van der Waals surface area contributed by atoms with Gasteiger partial charge in [-0.3, -0.25) is 15.0 Å². The predicted octanol–water partition coefficient (Wildman–Crippen LogP) is 9.39. The molecular weight excluding hydrogens is 786 g/mol.